The van der Waals surface area contributed by atoms with E-state index in [1.54, 1.807) is 6.92 Å². The van der Waals surface area contributed by atoms with Crippen LogP contribution in [-0.4, -0.2) is 5.84 Å². The van der Waals surface area contributed by atoms with E-state index in [-0.39, 0.29) is 16.5 Å². The van der Waals surface area contributed by atoms with Crippen molar-refractivity contribution >= 4 is 23.1 Å². The second kappa shape index (κ2) is 4.74. The molecule has 0 unspecified atom stereocenters. The van der Waals surface area contributed by atoms with Gasteiger partial charge >= 0.3 is 6.18 Å². The molecule has 0 aliphatic carbocycles. The minimum Gasteiger partial charge on any atom is -0.387 e. The minimum atomic E-state index is -4.43. The average Bonchev–Trinajstić information content (AvgIpc) is 2.15. The third-order valence-corrected chi connectivity index (χ3v) is 2.06. The molecule has 88 valence electrons. The molecule has 0 amide bonds. The first-order chi connectivity index (χ1) is 7.32. The standard InChI is InChI=1S/C10H10ClF3N2/c1-2-9(15)16-8-4-6(10(12,13)14)3-7(11)5-8/h3-5H,2H2,1H3,(H2,15,16). The Morgan fingerprint density at radius 1 is 1.38 bits per heavy atom. The second-order valence-corrected chi connectivity index (χ2v) is 3.59. The molecule has 0 radical (unpaired) electrons. The van der Waals surface area contributed by atoms with Crippen LogP contribution in [0.1, 0.15) is 18.9 Å². The molecule has 0 aliphatic heterocycles. The fourth-order valence-corrected chi connectivity index (χ4v) is 1.28. The van der Waals surface area contributed by atoms with Crippen LogP contribution in [0.5, 0.6) is 0 Å². The van der Waals surface area contributed by atoms with Crippen LogP contribution < -0.4 is 5.73 Å². The van der Waals surface area contributed by atoms with E-state index in [4.69, 9.17) is 17.3 Å². The first-order valence-electron chi connectivity index (χ1n) is 4.53. The van der Waals surface area contributed by atoms with E-state index in [1.807, 2.05) is 0 Å². The molecule has 1 aromatic carbocycles. The lowest BCUT2D eigenvalue weighted by Gasteiger charge is -2.08. The SMILES string of the molecule is CCC(N)=Nc1cc(Cl)cc(C(F)(F)F)c1. The maximum Gasteiger partial charge on any atom is 0.416 e. The molecule has 2 nitrogen and oxygen atoms in total. The van der Waals surface area contributed by atoms with Gasteiger partial charge in [-0.3, -0.25) is 0 Å². The average molecular weight is 251 g/mol. The summed E-state index contributed by atoms with van der Waals surface area (Å²) >= 11 is 5.57. The van der Waals surface area contributed by atoms with E-state index in [0.29, 0.717) is 6.42 Å². The van der Waals surface area contributed by atoms with Gasteiger partial charge in [0.2, 0.25) is 0 Å². The molecule has 6 heteroatoms. The van der Waals surface area contributed by atoms with Crippen LogP contribution >= 0.6 is 11.6 Å². The number of nitrogens with zero attached hydrogens (tertiary/aromatic N) is 1. The Kier molecular flexibility index (Phi) is 3.80. The van der Waals surface area contributed by atoms with Gasteiger partial charge in [0, 0.05) is 11.4 Å². The number of alkyl halides is 3. The number of hydrogen-bond donors (Lipinski definition) is 1. The maximum absolute atomic E-state index is 12.4. The van der Waals surface area contributed by atoms with Gasteiger partial charge in [0.1, 0.15) is 0 Å². The number of rotatable bonds is 2. The van der Waals surface area contributed by atoms with Gasteiger partial charge in [-0.1, -0.05) is 18.5 Å². The van der Waals surface area contributed by atoms with Gasteiger partial charge in [-0.05, 0) is 18.2 Å². The Hall–Kier alpha value is -1.23. The van der Waals surface area contributed by atoms with Crippen molar-refractivity contribution in [2.24, 2.45) is 10.7 Å². The van der Waals surface area contributed by atoms with Crippen molar-refractivity contribution in [3.05, 3.63) is 28.8 Å². The first-order valence-corrected chi connectivity index (χ1v) is 4.91. The van der Waals surface area contributed by atoms with E-state index < -0.39 is 11.7 Å². The van der Waals surface area contributed by atoms with Crippen molar-refractivity contribution in [1.29, 1.82) is 0 Å². The summed E-state index contributed by atoms with van der Waals surface area (Å²) in [7, 11) is 0. The Bertz CT molecular complexity index is 413. The molecule has 0 heterocycles. The summed E-state index contributed by atoms with van der Waals surface area (Å²) in [4.78, 5) is 3.82. The largest absolute Gasteiger partial charge is 0.416 e. The molecule has 0 fully saturated rings. The summed E-state index contributed by atoms with van der Waals surface area (Å²) in [6.07, 6.45) is -3.97. The maximum atomic E-state index is 12.4. The Balaban J connectivity index is 3.19. The second-order valence-electron chi connectivity index (χ2n) is 3.15. The van der Waals surface area contributed by atoms with Crippen LogP contribution in [0.25, 0.3) is 0 Å². The number of nitrogens with two attached hydrogens (primary N) is 1. The normalized spacial score (nSPS) is 12.9. The molecule has 0 aliphatic rings. The van der Waals surface area contributed by atoms with Gasteiger partial charge in [0.05, 0.1) is 17.1 Å². The Labute approximate surface area is 95.9 Å². The van der Waals surface area contributed by atoms with E-state index in [2.05, 4.69) is 4.99 Å². The predicted molar refractivity (Wildman–Crippen MR) is 58.0 cm³/mol. The highest BCUT2D eigenvalue weighted by Crippen LogP contribution is 2.34. The smallest absolute Gasteiger partial charge is 0.387 e. The predicted octanol–water partition coefficient (Wildman–Crippen LogP) is 3.76. The summed E-state index contributed by atoms with van der Waals surface area (Å²) in [5, 5.41) is -0.0162. The monoisotopic (exact) mass is 250 g/mol. The van der Waals surface area contributed by atoms with Crippen LogP contribution in [0.2, 0.25) is 5.02 Å². The summed E-state index contributed by atoms with van der Waals surface area (Å²) in [5.74, 6) is 0.260. The zero-order chi connectivity index (χ0) is 12.3. The van der Waals surface area contributed by atoms with Crippen molar-refractivity contribution in [3.63, 3.8) is 0 Å². The fourth-order valence-electron chi connectivity index (χ4n) is 1.05. The molecule has 0 atom stereocenters. The van der Waals surface area contributed by atoms with Crippen LogP contribution in [0.15, 0.2) is 23.2 Å². The molecular weight excluding hydrogens is 241 g/mol. The van der Waals surface area contributed by atoms with Crippen molar-refractivity contribution in [3.8, 4) is 0 Å². The van der Waals surface area contributed by atoms with Crippen LogP contribution in [0.3, 0.4) is 0 Å². The van der Waals surface area contributed by atoms with E-state index in [9.17, 15) is 13.2 Å². The lowest BCUT2D eigenvalue weighted by Crippen LogP contribution is -2.09. The zero-order valence-corrected chi connectivity index (χ0v) is 9.23. The van der Waals surface area contributed by atoms with Gasteiger partial charge in [-0.25, -0.2) is 4.99 Å². The van der Waals surface area contributed by atoms with E-state index >= 15 is 0 Å². The molecule has 1 rings (SSSR count). The molecular formula is C10H10ClF3N2. The van der Waals surface area contributed by atoms with Crippen molar-refractivity contribution in [1.82, 2.24) is 0 Å². The molecule has 16 heavy (non-hydrogen) atoms. The molecule has 0 spiro atoms. The van der Waals surface area contributed by atoms with Crippen molar-refractivity contribution in [2.45, 2.75) is 19.5 Å². The zero-order valence-electron chi connectivity index (χ0n) is 8.48. The Morgan fingerprint density at radius 3 is 2.50 bits per heavy atom. The molecule has 0 saturated heterocycles. The summed E-state index contributed by atoms with van der Waals surface area (Å²) in [6, 6.07) is 3.09. The van der Waals surface area contributed by atoms with Crippen LogP contribution in [0.4, 0.5) is 18.9 Å². The fraction of sp³-hybridized carbons (Fsp3) is 0.300. The van der Waals surface area contributed by atoms with Gasteiger partial charge in [0.15, 0.2) is 0 Å². The summed E-state index contributed by atoms with van der Waals surface area (Å²) in [5.41, 5.74) is 4.72. The molecule has 1 aromatic rings. The van der Waals surface area contributed by atoms with Crippen molar-refractivity contribution in [2.75, 3.05) is 0 Å². The Morgan fingerprint density at radius 2 is 2.00 bits per heavy atom. The molecule has 2 N–H and O–H groups in total. The number of aliphatic imine (C=N–C) groups is 1. The topological polar surface area (TPSA) is 38.4 Å². The van der Waals surface area contributed by atoms with Crippen LogP contribution in [0, 0.1) is 0 Å². The summed E-state index contributed by atoms with van der Waals surface area (Å²) in [6.45, 7) is 1.76. The van der Waals surface area contributed by atoms with E-state index in [1.165, 1.54) is 6.07 Å². The molecule has 0 aromatic heterocycles. The molecule has 0 bridgehead atoms. The van der Waals surface area contributed by atoms with Crippen LogP contribution in [-0.2, 0) is 6.18 Å². The molecule has 0 saturated carbocycles. The lowest BCUT2D eigenvalue weighted by molar-refractivity contribution is -0.137. The third kappa shape index (κ3) is 3.41. The highest BCUT2D eigenvalue weighted by atomic mass is 35.5. The quantitative estimate of drug-likeness (QED) is 0.630. The number of halogens is 4. The van der Waals surface area contributed by atoms with Gasteiger partial charge in [-0.2, -0.15) is 13.2 Å². The van der Waals surface area contributed by atoms with Gasteiger partial charge in [0.25, 0.3) is 0 Å². The summed E-state index contributed by atoms with van der Waals surface area (Å²) < 4.78 is 37.3. The van der Waals surface area contributed by atoms with Crippen molar-refractivity contribution < 1.29 is 13.2 Å². The minimum absolute atomic E-state index is 0.0162. The number of hydrogen-bond acceptors (Lipinski definition) is 1. The number of benzene rings is 1. The highest BCUT2D eigenvalue weighted by Gasteiger charge is 2.31. The first kappa shape index (κ1) is 12.8. The number of amidine groups is 1. The highest BCUT2D eigenvalue weighted by molar-refractivity contribution is 6.30. The van der Waals surface area contributed by atoms with E-state index in [0.717, 1.165) is 12.1 Å². The third-order valence-electron chi connectivity index (χ3n) is 1.84. The van der Waals surface area contributed by atoms with Gasteiger partial charge in [-0.15, -0.1) is 0 Å². The van der Waals surface area contributed by atoms with Gasteiger partial charge < -0.3 is 5.73 Å². The lowest BCUT2D eigenvalue weighted by atomic mass is 10.2.